The SMILES string of the molecule is CCCCCCCCCCCCCCCCCCCCC(=O)O[C@H](COC(=O)CCCCCCCCCCCCCC)COC(=O)CCCCCCCCCC(C)C. The van der Waals surface area contributed by atoms with Crippen LogP contribution in [0.3, 0.4) is 0 Å². The first-order valence-electron chi connectivity index (χ1n) is 25.9. The summed E-state index contributed by atoms with van der Waals surface area (Å²) in [4.78, 5) is 37.9. The zero-order valence-electron chi connectivity index (χ0n) is 39.5. The minimum atomic E-state index is -0.760. The van der Waals surface area contributed by atoms with Crippen molar-refractivity contribution in [1.82, 2.24) is 0 Å². The molecule has 0 aliphatic rings. The fourth-order valence-corrected chi connectivity index (χ4v) is 7.86. The van der Waals surface area contributed by atoms with Gasteiger partial charge in [0.15, 0.2) is 6.10 Å². The number of carbonyl (C=O) groups excluding carboxylic acids is 3. The molecule has 0 saturated carbocycles. The van der Waals surface area contributed by atoms with Crippen molar-refractivity contribution in [2.75, 3.05) is 13.2 Å². The van der Waals surface area contributed by atoms with Crippen LogP contribution in [0.2, 0.25) is 0 Å². The van der Waals surface area contributed by atoms with Gasteiger partial charge in [0.05, 0.1) is 0 Å². The Morgan fingerprint density at radius 2 is 0.569 bits per heavy atom. The zero-order chi connectivity index (χ0) is 42.4. The Morgan fingerprint density at radius 3 is 0.845 bits per heavy atom. The van der Waals surface area contributed by atoms with Gasteiger partial charge < -0.3 is 14.2 Å². The molecular formula is C52H100O6. The van der Waals surface area contributed by atoms with Crippen LogP contribution in [0.5, 0.6) is 0 Å². The van der Waals surface area contributed by atoms with E-state index in [4.69, 9.17) is 14.2 Å². The highest BCUT2D eigenvalue weighted by atomic mass is 16.6. The number of hydrogen-bond donors (Lipinski definition) is 0. The minimum absolute atomic E-state index is 0.0634. The molecule has 0 heterocycles. The second-order valence-electron chi connectivity index (χ2n) is 18.3. The normalized spacial score (nSPS) is 11.9. The van der Waals surface area contributed by atoms with Gasteiger partial charge in [-0.05, 0) is 25.2 Å². The third-order valence-electron chi connectivity index (χ3n) is 11.8. The molecule has 6 nitrogen and oxygen atoms in total. The van der Waals surface area contributed by atoms with Crippen LogP contribution >= 0.6 is 0 Å². The summed E-state index contributed by atoms with van der Waals surface area (Å²) in [7, 11) is 0. The third-order valence-corrected chi connectivity index (χ3v) is 11.8. The highest BCUT2D eigenvalue weighted by molar-refractivity contribution is 5.71. The lowest BCUT2D eigenvalue weighted by atomic mass is 10.0. The molecule has 0 bridgehead atoms. The summed E-state index contributed by atoms with van der Waals surface area (Å²) < 4.78 is 16.8. The van der Waals surface area contributed by atoms with E-state index in [2.05, 4.69) is 27.7 Å². The molecule has 344 valence electrons. The molecule has 0 saturated heterocycles. The van der Waals surface area contributed by atoms with Crippen LogP contribution in [0.15, 0.2) is 0 Å². The molecule has 0 aromatic heterocycles. The molecule has 0 N–H and O–H groups in total. The van der Waals surface area contributed by atoms with E-state index >= 15 is 0 Å². The van der Waals surface area contributed by atoms with Gasteiger partial charge in [0.2, 0.25) is 0 Å². The van der Waals surface area contributed by atoms with Crippen LogP contribution < -0.4 is 0 Å². The number of carbonyl (C=O) groups is 3. The van der Waals surface area contributed by atoms with E-state index in [1.807, 2.05) is 0 Å². The molecule has 0 aliphatic carbocycles. The predicted octanol–water partition coefficient (Wildman–Crippen LogP) is 16.7. The van der Waals surface area contributed by atoms with Gasteiger partial charge in [-0.3, -0.25) is 14.4 Å². The standard InChI is InChI=1S/C52H100O6/c1-5-7-9-11-13-15-17-19-20-21-22-23-24-26-28-32-37-41-45-52(55)58-49(47-57-51(54)44-40-36-33-29-30-34-38-42-48(3)4)46-56-50(53)43-39-35-31-27-25-18-16-14-12-10-8-6-2/h48-49H,5-47H2,1-4H3/t49-/m1/s1. The molecule has 6 heteroatoms. The summed E-state index contributed by atoms with van der Waals surface area (Å²) in [6, 6.07) is 0. The van der Waals surface area contributed by atoms with Crippen molar-refractivity contribution in [2.24, 2.45) is 5.92 Å². The first-order valence-corrected chi connectivity index (χ1v) is 25.9. The molecule has 0 aliphatic heterocycles. The van der Waals surface area contributed by atoms with Crippen molar-refractivity contribution >= 4 is 17.9 Å². The fraction of sp³-hybridized carbons (Fsp3) is 0.942. The maximum Gasteiger partial charge on any atom is 0.306 e. The molecule has 0 aromatic rings. The van der Waals surface area contributed by atoms with Crippen LogP contribution in [0.25, 0.3) is 0 Å². The van der Waals surface area contributed by atoms with Gasteiger partial charge in [-0.25, -0.2) is 0 Å². The van der Waals surface area contributed by atoms with E-state index in [9.17, 15) is 14.4 Å². The maximum absolute atomic E-state index is 12.8. The van der Waals surface area contributed by atoms with Gasteiger partial charge in [-0.2, -0.15) is 0 Å². The molecule has 0 fully saturated rings. The summed E-state index contributed by atoms with van der Waals surface area (Å²) in [5, 5.41) is 0. The number of unbranched alkanes of at least 4 members (excludes halogenated alkanes) is 34. The van der Waals surface area contributed by atoms with E-state index in [1.54, 1.807) is 0 Å². The number of esters is 3. The van der Waals surface area contributed by atoms with E-state index in [0.717, 1.165) is 63.7 Å². The second kappa shape index (κ2) is 46.5. The summed E-state index contributed by atoms with van der Waals surface area (Å²) in [6.07, 6.45) is 48.1. The van der Waals surface area contributed by atoms with Crippen molar-refractivity contribution in [3.8, 4) is 0 Å². The van der Waals surface area contributed by atoms with Crippen LogP contribution in [-0.4, -0.2) is 37.2 Å². The molecule has 0 radical (unpaired) electrons. The highest BCUT2D eigenvalue weighted by Gasteiger charge is 2.19. The average Bonchev–Trinajstić information content (AvgIpc) is 3.21. The van der Waals surface area contributed by atoms with Gasteiger partial charge in [0.25, 0.3) is 0 Å². The van der Waals surface area contributed by atoms with Crippen molar-refractivity contribution < 1.29 is 28.6 Å². The molecule has 0 unspecified atom stereocenters. The molecule has 0 amide bonds. The lowest BCUT2D eigenvalue weighted by Crippen LogP contribution is -2.30. The van der Waals surface area contributed by atoms with E-state index in [0.29, 0.717) is 19.3 Å². The first kappa shape index (κ1) is 56.4. The van der Waals surface area contributed by atoms with Crippen molar-refractivity contribution in [2.45, 2.75) is 297 Å². The van der Waals surface area contributed by atoms with E-state index in [-0.39, 0.29) is 31.1 Å². The van der Waals surface area contributed by atoms with Crippen LogP contribution in [0.4, 0.5) is 0 Å². The lowest BCUT2D eigenvalue weighted by Gasteiger charge is -2.18. The van der Waals surface area contributed by atoms with E-state index in [1.165, 1.54) is 186 Å². The van der Waals surface area contributed by atoms with Crippen molar-refractivity contribution in [3.05, 3.63) is 0 Å². The monoisotopic (exact) mass is 821 g/mol. The van der Waals surface area contributed by atoms with Gasteiger partial charge >= 0.3 is 17.9 Å². The second-order valence-corrected chi connectivity index (χ2v) is 18.3. The minimum Gasteiger partial charge on any atom is -0.462 e. The Labute approximate surface area is 361 Å². The molecule has 0 aromatic carbocycles. The molecule has 1 atom stereocenters. The quantitative estimate of drug-likeness (QED) is 0.0346. The Bertz CT molecular complexity index is 872. The lowest BCUT2D eigenvalue weighted by molar-refractivity contribution is -0.167. The number of hydrogen-bond acceptors (Lipinski definition) is 6. The summed E-state index contributed by atoms with van der Waals surface area (Å²) in [5.41, 5.74) is 0. The summed E-state index contributed by atoms with van der Waals surface area (Å²) in [6.45, 7) is 8.98. The third kappa shape index (κ3) is 45.5. The maximum atomic E-state index is 12.8. The summed E-state index contributed by atoms with van der Waals surface area (Å²) in [5.74, 6) is -0.0666. The Balaban J connectivity index is 4.26. The highest BCUT2D eigenvalue weighted by Crippen LogP contribution is 2.17. The van der Waals surface area contributed by atoms with Gasteiger partial charge in [-0.15, -0.1) is 0 Å². The van der Waals surface area contributed by atoms with Crippen molar-refractivity contribution in [1.29, 1.82) is 0 Å². The summed E-state index contributed by atoms with van der Waals surface area (Å²) >= 11 is 0. The Morgan fingerprint density at radius 1 is 0.328 bits per heavy atom. The average molecular weight is 821 g/mol. The largest absolute Gasteiger partial charge is 0.462 e. The van der Waals surface area contributed by atoms with Crippen LogP contribution in [0, 0.1) is 5.92 Å². The van der Waals surface area contributed by atoms with Gasteiger partial charge in [0, 0.05) is 19.3 Å². The fourth-order valence-electron chi connectivity index (χ4n) is 7.86. The zero-order valence-corrected chi connectivity index (χ0v) is 39.5. The Kier molecular flexibility index (Phi) is 45.2. The smallest absolute Gasteiger partial charge is 0.306 e. The predicted molar refractivity (Wildman–Crippen MR) is 247 cm³/mol. The van der Waals surface area contributed by atoms with Crippen LogP contribution in [0.1, 0.15) is 291 Å². The number of ether oxygens (including phenoxy) is 3. The van der Waals surface area contributed by atoms with E-state index < -0.39 is 6.10 Å². The molecule has 0 rings (SSSR count). The van der Waals surface area contributed by atoms with Gasteiger partial charge in [-0.1, -0.05) is 252 Å². The van der Waals surface area contributed by atoms with Crippen molar-refractivity contribution in [3.63, 3.8) is 0 Å². The number of rotatable bonds is 47. The van der Waals surface area contributed by atoms with Crippen LogP contribution in [-0.2, 0) is 28.6 Å². The topological polar surface area (TPSA) is 78.9 Å². The molecular weight excluding hydrogens is 721 g/mol. The Hall–Kier alpha value is -1.59. The molecule has 58 heavy (non-hydrogen) atoms. The molecule has 0 spiro atoms. The first-order chi connectivity index (χ1) is 28.4. The van der Waals surface area contributed by atoms with Gasteiger partial charge in [0.1, 0.15) is 13.2 Å².